The lowest BCUT2D eigenvalue weighted by atomic mass is 10.3. The van der Waals surface area contributed by atoms with E-state index >= 15 is 0 Å². The zero-order valence-corrected chi connectivity index (χ0v) is 17.8. The number of carbonyl (C=O) groups excluding carboxylic acids is 2. The highest BCUT2D eigenvalue weighted by molar-refractivity contribution is 8.00. The first-order chi connectivity index (χ1) is 15.7. The van der Waals surface area contributed by atoms with Crippen LogP contribution in [0, 0.1) is 0 Å². The van der Waals surface area contributed by atoms with Crippen LogP contribution in [0.25, 0.3) is 0 Å². The van der Waals surface area contributed by atoms with Crippen LogP contribution in [-0.2, 0) is 9.53 Å². The Morgan fingerprint density at radius 3 is 2.72 bits per heavy atom. The van der Waals surface area contributed by atoms with Crippen molar-refractivity contribution >= 4 is 29.3 Å². The van der Waals surface area contributed by atoms with Gasteiger partial charge < -0.3 is 24.3 Å². The molecular weight excluding hydrogens is 432 g/mol. The summed E-state index contributed by atoms with van der Waals surface area (Å²) >= 11 is 1.15. The molecular formula is C23H20N2O6S. The van der Waals surface area contributed by atoms with E-state index in [1.165, 1.54) is 0 Å². The lowest BCUT2D eigenvalue weighted by molar-refractivity contribution is -0.113. The van der Waals surface area contributed by atoms with Crippen LogP contribution >= 0.6 is 11.8 Å². The third-order valence-electron chi connectivity index (χ3n) is 4.32. The van der Waals surface area contributed by atoms with Gasteiger partial charge in [-0.2, -0.15) is 0 Å². The first kappa shape index (κ1) is 21.5. The molecule has 1 N–H and O–H groups in total. The number of esters is 1. The van der Waals surface area contributed by atoms with Crippen molar-refractivity contribution in [3.63, 3.8) is 0 Å². The molecule has 0 saturated heterocycles. The number of thioether (sulfide) groups is 1. The van der Waals surface area contributed by atoms with Crippen LogP contribution < -0.4 is 19.5 Å². The number of ether oxygens (including phenoxy) is 4. The van der Waals surface area contributed by atoms with E-state index in [9.17, 15) is 9.59 Å². The molecule has 2 heterocycles. The number of para-hydroxylation sites is 1. The van der Waals surface area contributed by atoms with Crippen molar-refractivity contribution in [3.8, 4) is 17.2 Å². The molecule has 0 atom stereocenters. The standard InChI is InChI=1S/C23H20N2O6S/c26-21(25-16-8-9-19-20(13-16)31-15-30-19)14-32-22-18(7-4-10-24-22)23(27)29-12-11-28-17-5-2-1-3-6-17/h1-10,13H,11-12,14-15H2,(H,25,26). The molecule has 0 unspecified atom stereocenters. The van der Waals surface area contributed by atoms with Gasteiger partial charge in [-0.3, -0.25) is 4.79 Å². The normalized spacial score (nSPS) is 11.6. The van der Waals surface area contributed by atoms with Crippen LogP contribution in [0.4, 0.5) is 5.69 Å². The molecule has 2 aromatic carbocycles. The first-order valence-electron chi connectivity index (χ1n) is 9.81. The Morgan fingerprint density at radius 2 is 1.84 bits per heavy atom. The Kier molecular flexibility index (Phi) is 7.08. The Bertz CT molecular complexity index is 1090. The molecule has 8 nitrogen and oxygen atoms in total. The summed E-state index contributed by atoms with van der Waals surface area (Å²) in [6, 6.07) is 17.7. The maximum Gasteiger partial charge on any atom is 0.341 e. The Morgan fingerprint density at radius 1 is 1.00 bits per heavy atom. The van der Waals surface area contributed by atoms with Crippen LogP contribution in [-0.4, -0.2) is 42.6 Å². The van der Waals surface area contributed by atoms with Crippen LogP contribution in [0.3, 0.4) is 0 Å². The smallest absolute Gasteiger partial charge is 0.341 e. The van der Waals surface area contributed by atoms with Crippen molar-refractivity contribution in [1.82, 2.24) is 4.98 Å². The van der Waals surface area contributed by atoms with Crippen molar-refractivity contribution in [2.75, 3.05) is 31.1 Å². The second kappa shape index (κ2) is 10.5. The van der Waals surface area contributed by atoms with Crippen molar-refractivity contribution in [2.45, 2.75) is 5.03 Å². The molecule has 3 aromatic rings. The molecule has 0 bridgehead atoms. The summed E-state index contributed by atoms with van der Waals surface area (Å²) in [5, 5.41) is 3.21. The largest absolute Gasteiger partial charge is 0.490 e. The lowest BCUT2D eigenvalue weighted by Gasteiger charge is -2.10. The zero-order valence-electron chi connectivity index (χ0n) is 17.0. The van der Waals surface area contributed by atoms with Crippen molar-refractivity contribution < 1.29 is 28.5 Å². The number of fused-ring (bicyclic) bond motifs is 1. The average molecular weight is 452 g/mol. The van der Waals surface area contributed by atoms with Crippen molar-refractivity contribution in [1.29, 1.82) is 0 Å². The topological polar surface area (TPSA) is 96.0 Å². The maximum atomic E-state index is 12.5. The lowest BCUT2D eigenvalue weighted by Crippen LogP contribution is -2.16. The van der Waals surface area contributed by atoms with Crippen LogP contribution in [0.5, 0.6) is 17.2 Å². The second-order valence-electron chi connectivity index (χ2n) is 6.56. The summed E-state index contributed by atoms with van der Waals surface area (Å²) in [6.45, 7) is 0.493. The highest BCUT2D eigenvalue weighted by atomic mass is 32.2. The Hall–Kier alpha value is -3.72. The van der Waals surface area contributed by atoms with Gasteiger partial charge in [-0.1, -0.05) is 30.0 Å². The van der Waals surface area contributed by atoms with Gasteiger partial charge in [0.25, 0.3) is 0 Å². The summed E-state index contributed by atoms with van der Waals surface area (Å²) in [7, 11) is 0. The predicted octanol–water partition coefficient (Wildman–Crippen LogP) is 3.78. The number of hydrogen-bond donors (Lipinski definition) is 1. The first-order valence-corrected chi connectivity index (χ1v) is 10.8. The monoisotopic (exact) mass is 452 g/mol. The number of hydrogen-bond acceptors (Lipinski definition) is 8. The second-order valence-corrected chi connectivity index (χ2v) is 7.52. The van der Waals surface area contributed by atoms with E-state index in [0.717, 1.165) is 11.8 Å². The molecule has 1 amide bonds. The van der Waals surface area contributed by atoms with Gasteiger partial charge in [-0.05, 0) is 36.4 Å². The molecule has 4 rings (SSSR count). The molecule has 0 spiro atoms. The van der Waals surface area contributed by atoms with Gasteiger partial charge in [0.2, 0.25) is 12.7 Å². The molecule has 0 aliphatic carbocycles. The summed E-state index contributed by atoms with van der Waals surface area (Å²) in [4.78, 5) is 29.0. The zero-order chi connectivity index (χ0) is 22.2. The SMILES string of the molecule is O=C(CSc1ncccc1C(=O)OCCOc1ccccc1)Nc1ccc2c(c1)OCO2. The van der Waals surface area contributed by atoms with E-state index in [1.807, 2.05) is 30.3 Å². The summed E-state index contributed by atoms with van der Waals surface area (Å²) in [5.74, 6) is 1.24. The molecule has 1 aliphatic heterocycles. The number of benzene rings is 2. The molecule has 0 saturated carbocycles. The molecule has 0 fully saturated rings. The minimum atomic E-state index is -0.520. The minimum Gasteiger partial charge on any atom is -0.490 e. The fraction of sp³-hybridized carbons (Fsp3) is 0.174. The average Bonchev–Trinajstić information content (AvgIpc) is 3.29. The van der Waals surface area contributed by atoms with E-state index in [4.69, 9.17) is 18.9 Å². The highest BCUT2D eigenvalue weighted by Crippen LogP contribution is 2.34. The number of amides is 1. The fourth-order valence-corrected chi connectivity index (χ4v) is 3.64. The van der Waals surface area contributed by atoms with E-state index in [2.05, 4.69) is 10.3 Å². The van der Waals surface area contributed by atoms with Gasteiger partial charge in [0.05, 0.1) is 11.3 Å². The molecule has 0 radical (unpaired) electrons. The molecule has 1 aliphatic rings. The van der Waals surface area contributed by atoms with E-state index < -0.39 is 5.97 Å². The number of carbonyl (C=O) groups is 2. The molecule has 1 aromatic heterocycles. The minimum absolute atomic E-state index is 0.0723. The quantitative estimate of drug-likeness (QED) is 0.298. The number of anilines is 1. The van der Waals surface area contributed by atoms with Gasteiger partial charge in [-0.15, -0.1) is 0 Å². The number of rotatable bonds is 9. The number of nitrogens with one attached hydrogen (secondary N) is 1. The van der Waals surface area contributed by atoms with Gasteiger partial charge in [0.15, 0.2) is 11.5 Å². The van der Waals surface area contributed by atoms with Gasteiger partial charge in [0.1, 0.15) is 24.0 Å². The van der Waals surface area contributed by atoms with Crippen molar-refractivity contribution in [3.05, 3.63) is 72.4 Å². The summed E-state index contributed by atoms with van der Waals surface area (Å²) < 4.78 is 21.4. The third-order valence-corrected chi connectivity index (χ3v) is 5.32. The summed E-state index contributed by atoms with van der Waals surface area (Å²) in [6.07, 6.45) is 1.56. The van der Waals surface area contributed by atoms with Crippen LogP contribution in [0.15, 0.2) is 71.9 Å². The summed E-state index contributed by atoms with van der Waals surface area (Å²) in [5.41, 5.74) is 0.895. The third kappa shape index (κ3) is 5.70. The van der Waals surface area contributed by atoms with Crippen LogP contribution in [0.2, 0.25) is 0 Å². The Balaban J connectivity index is 1.27. The van der Waals surface area contributed by atoms with Gasteiger partial charge in [-0.25, -0.2) is 9.78 Å². The van der Waals surface area contributed by atoms with E-state index in [0.29, 0.717) is 33.5 Å². The predicted molar refractivity (Wildman–Crippen MR) is 118 cm³/mol. The van der Waals surface area contributed by atoms with Gasteiger partial charge >= 0.3 is 5.97 Å². The molecule has 32 heavy (non-hydrogen) atoms. The highest BCUT2D eigenvalue weighted by Gasteiger charge is 2.17. The Labute approximate surface area is 188 Å². The van der Waals surface area contributed by atoms with Crippen molar-refractivity contribution in [2.24, 2.45) is 0 Å². The van der Waals surface area contributed by atoms with E-state index in [-0.39, 0.29) is 31.7 Å². The number of aromatic nitrogens is 1. The van der Waals surface area contributed by atoms with Crippen LogP contribution in [0.1, 0.15) is 10.4 Å². The number of pyridine rings is 1. The molecule has 9 heteroatoms. The maximum absolute atomic E-state index is 12.5. The molecule has 164 valence electrons. The number of nitrogens with zero attached hydrogens (tertiary/aromatic N) is 1. The van der Waals surface area contributed by atoms with E-state index in [1.54, 1.807) is 36.5 Å². The van der Waals surface area contributed by atoms with Gasteiger partial charge in [0, 0.05) is 18.0 Å². The fourth-order valence-electron chi connectivity index (χ4n) is 2.85.